The molecule has 0 aliphatic carbocycles. The van der Waals surface area contributed by atoms with E-state index in [2.05, 4.69) is 0 Å². The summed E-state index contributed by atoms with van der Waals surface area (Å²) in [5, 5.41) is 1.51. The highest BCUT2D eigenvalue weighted by Gasteiger charge is 2.40. The first-order valence-corrected chi connectivity index (χ1v) is 8.88. The molecule has 0 saturated carbocycles. The first-order chi connectivity index (χ1) is 12.1. The molecule has 1 heterocycles. The van der Waals surface area contributed by atoms with Gasteiger partial charge in [0.25, 0.3) is 0 Å². The Morgan fingerprint density at radius 3 is 2.44 bits per heavy atom. The maximum atomic E-state index is 12.9. The molecule has 25 heavy (non-hydrogen) atoms. The van der Waals surface area contributed by atoms with Crippen LogP contribution in [0.1, 0.15) is 6.42 Å². The predicted molar refractivity (Wildman–Crippen MR) is 102 cm³/mol. The Labute approximate surface area is 149 Å². The summed E-state index contributed by atoms with van der Waals surface area (Å²) in [6, 6.07) is 20.8. The second-order valence-corrected chi connectivity index (χ2v) is 7.22. The molecule has 0 bridgehead atoms. The number of hydrogen-bond donors (Lipinski definition) is 1. The SMILES string of the molecule is Nc1ccc(SC2CC(=O)N(c3cccc4ccccc34)C2=O)cc1. The smallest absolute Gasteiger partial charge is 0.247 e. The number of carbonyl (C=O) groups is 2. The Hall–Kier alpha value is -2.79. The first kappa shape index (κ1) is 15.7. The van der Waals surface area contributed by atoms with Crippen molar-refractivity contribution in [3.8, 4) is 0 Å². The molecule has 3 aromatic rings. The number of rotatable bonds is 3. The van der Waals surface area contributed by atoms with Crippen molar-refractivity contribution in [2.75, 3.05) is 10.6 Å². The van der Waals surface area contributed by atoms with Gasteiger partial charge < -0.3 is 5.73 Å². The lowest BCUT2D eigenvalue weighted by molar-refractivity contribution is -0.121. The minimum absolute atomic E-state index is 0.158. The summed E-state index contributed by atoms with van der Waals surface area (Å²) in [7, 11) is 0. The molecule has 1 unspecified atom stereocenters. The van der Waals surface area contributed by atoms with Crippen molar-refractivity contribution >= 4 is 45.7 Å². The van der Waals surface area contributed by atoms with E-state index in [0.29, 0.717) is 11.4 Å². The van der Waals surface area contributed by atoms with Crippen LogP contribution in [0.3, 0.4) is 0 Å². The quantitative estimate of drug-likeness (QED) is 0.577. The highest BCUT2D eigenvalue weighted by Crippen LogP contribution is 2.36. The van der Waals surface area contributed by atoms with Crippen LogP contribution in [0.5, 0.6) is 0 Å². The monoisotopic (exact) mass is 348 g/mol. The number of hydrogen-bond acceptors (Lipinski definition) is 4. The van der Waals surface area contributed by atoms with Crippen molar-refractivity contribution in [3.63, 3.8) is 0 Å². The lowest BCUT2D eigenvalue weighted by Crippen LogP contribution is -2.31. The summed E-state index contributed by atoms with van der Waals surface area (Å²) >= 11 is 1.41. The number of thioether (sulfide) groups is 1. The van der Waals surface area contributed by atoms with E-state index in [9.17, 15) is 9.59 Å². The zero-order chi connectivity index (χ0) is 17.4. The number of nitrogens with two attached hydrogens (primary N) is 1. The highest BCUT2D eigenvalue weighted by atomic mass is 32.2. The molecule has 1 aliphatic rings. The fourth-order valence-electron chi connectivity index (χ4n) is 3.06. The molecule has 3 aromatic carbocycles. The van der Waals surface area contributed by atoms with Crippen molar-refractivity contribution in [1.82, 2.24) is 0 Å². The van der Waals surface area contributed by atoms with Gasteiger partial charge in [0, 0.05) is 22.4 Å². The largest absolute Gasteiger partial charge is 0.399 e. The number of imide groups is 1. The van der Waals surface area contributed by atoms with Crippen LogP contribution in [-0.4, -0.2) is 17.1 Å². The van der Waals surface area contributed by atoms with Crippen LogP contribution in [0.4, 0.5) is 11.4 Å². The fraction of sp³-hybridized carbons (Fsp3) is 0.100. The maximum Gasteiger partial charge on any atom is 0.247 e. The van der Waals surface area contributed by atoms with E-state index in [0.717, 1.165) is 15.7 Å². The molecule has 0 spiro atoms. The van der Waals surface area contributed by atoms with Crippen LogP contribution >= 0.6 is 11.8 Å². The zero-order valence-corrected chi connectivity index (χ0v) is 14.2. The molecule has 124 valence electrons. The molecule has 1 aliphatic heterocycles. The van der Waals surface area contributed by atoms with E-state index in [1.54, 1.807) is 12.1 Å². The summed E-state index contributed by atoms with van der Waals surface area (Å²) < 4.78 is 0. The average molecular weight is 348 g/mol. The predicted octanol–water partition coefficient (Wildman–Crippen LogP) is 3.85. The summed E-state index contributed by atoms with van der Waals surface area (Å²) in [5.41, 5.74) is 7.03. The van der Waals surface area contributed by atoms with Gasteiger partial charge in [0.1, 0.15) is 0 Å². The summed E-state index contributed by atoms with van der Waals surface area (Å²) in [4.78, 5) is 27.7. The first-order valence-electron chi connectivity index (χ1n) is 8.00. The number of carbonyl (C=O) groups excluding carboxylic acids is 2. The average Bonchev–Trinajstić information content (AvgIpc) is 2.90. The van der Waals surface area contributed by atoms with Gasteiger partial charge in [0.2, 0.25) is 11.8 Å². The molecule has 4 rings (SSSR count). The van der Waals surface area contributed by atoms with Crippen LogP contribution < -0.4 is 10.6 Å². The molecule has 1 fully saturated rings. The molecular weight excluding hydrogens is 332 g/mol. The second-order valence-electron chi connectivity index (χ2n) is 5.95. The Balaban J connectivity index is 1.66. The molecule has 1 saturated heterocycles. The van der Waals surface area contributed by atoms with Gasteiger partial charge >= 0.3 is 0 Å². The van der Waals surface area contributed by atoms with Crippen LogP contribution in [-0.2, 0) is 9.59 Å². The summed E-state index contributed by atoms with van der Waals surface area (Å²) in [6.45, 7) is 0. The van der Waals surface area contributed by atoms with Gasteiger partial charge in [-0.1, -0.05) is 36.4 Å². The van der Waals surface area contributed by atoms with Crippen LogP contribution in [0.2, 0.25) is 0 Å². The highest BCUT2D eigenvalue weighted by molar-refractivity contribution is 8.00. The Bertz CT molecular complexity index is 964. The third kappa shape index (κ3) is 2.87. The molecule has 2 amide bonds. The summed E-state index contributed by atoms with van der Waals surface area (Å²) in [6.07, 6.45) is 0.205. The van der Waals surface area contributed by atoms with Gasteiger partial charge in [-0.2, -0.15) is 0 Å². The van der Waals surface area contributed by atoms with Gasteiger partial charge in [-0.15, -0.1) is 11.8 Å². The lowest BCUT2D eigenvalue weighted by atomic mass is 10.1. The number of benzene rings is 3. The van der Waals surface area contributed by atoms with Crippen LogP contribution in [0.15, 0.2) is 71.6 Å². The van der Waals surface area contributed by atoms with E-state index in [1.165, 1.54) is 16.7 Å². The Morgan fingerprint density at radius 2 is 1.64 bits per heavy atom. The molecule has 4 nitrogen and oxygen atoms in total. The third-order valence-electron chi connectivity index (χ3n) is 4.27. The lowest BCUT2D eigenvalue weighted by Gasteiger charge is -2.17. The zero-order valence-electron chi connectivity index (χ0n) is 13.4. The number of nitrogens with zero attached hydrogens (tertiary/aromatic N) is 1. The van der Waals surface area contributed by atoms with Crippen LogP contribution in [0, 0.1) is 0 Å². The Morgan fingerprint density at radius 1 is 0.920 bits per heavy atom. The number of anilines is 2. The van der Waals surface area contributed by atoms with Crippen molar-refractivity contribution in [2.24, 2.45) is 0 Å². The van der Waals surface area contributed by atoms with E-state index in [-0.39, 0.29) is 18.2 Å². The van der Waals surface area contributed by atoms with Gasteiger partial charge in [-0.25, -0.2) is 4.90 Å². The topological polar surface area (TPSA) is 63.4 Å². The molecule has 0 radical (unpaired) electrons. The second kappa shape index (κ2) is 6.26. The van der Waals surface area contributed by atoms with Gasteiger partial charge in [0.05, 0.1) is 10.9 Å². The van der Waals surface area contributed by atoms with Gasteiger partial charge in [0.15, 0.2) is 0 Å². The normalized spacial score (nSPS) is 17.4. The number of nitrogen functional groups attached to an aromatic ring is 1. The molecule has 2 N–H and O–H groups in total. The molecule has 0 aromatic heterocycles. The maximum absolute atomic E-state index is 12.9. The van der Waals surface area contributed by atoms with E-state index >= 15 is 0 Å². The molecule has 5 heteroatoms. The number of amides is 2. The van der Waals surface area contributed by atoms with E-state index < -0.39 is 5.25 Å². The van der Waals surface area contributed by atoms with Gasteiger partial charge in [-0.05, 0) is 35.7 Å². The number of fused-ring (bicyclic) bond motifs is 1. The van der Waals surface area contributed by atoms with E-state index in [1.807, 2.05) is 54.6 Å². The van der Waals surface area contributed by atoms with Crippen molar-refractivity contribution in [3.05, 3.63) is 66.7 Å². The molecular formula is C20H16N2O2S. The molecule has 1 atom stereocenters. The van der Waals surface area contributed by atoms with Crippen molar-refractivity contribution in [1.29, 1.82) is 0 Å². The van der Waals surface area contributed by atoms with Crippen molar-refractivity contribution in [2.45, 2.75) is 16.6 Å². The standard InChI is InChI=1S/C20H16N2O2S/c21-14-8-10-15(11-9-14)25-18-12-19(23)22(20(18)24)17-7-3-5-13-4-1-2-6-16(13)17/h1-11,18H,12,21H2. The fourth-order valence-corrected chi connectivity index (χ4v) is 4.12. The third-order valence-corrected chi connectivity index (χ3v) is 5.47. The minimum atomic E-state index is -0.407. The minimum Gasteiger partial charge on any atom is -0.399 e. The van der Waals surface area contributed by atoms with E-state index in [4.69, 9.17) is 5.73 Å². The Kier molecular flexibility index (Phi) is 3.93. The van der Waals surface area contributed by atoms with Crippen LogP contribution in [0.25, 0.3) is 10.8 Å². The van der Waals surface area contributed by atoms with Gasteiger partial charge in [-0.3, -0.25) is 9.59 Å². The summed E-state index contributed by atoms with van der Waals surface area (Å²) in [5.74, 6) is -0.322. The van der Waals surface area contributed by atoms with Crippen molar-refractivity contribution < 1.29 is 9.59 Å².